The van der Waals surface area contributed by atoms with E-state index in [2.05, 4.69) is 10.1 Å². The summed E-state index contributed by atoms with van der Waals surface area (Å²) in [5.74, 6) is -0.367. The minimum absolute atomic E-state index is 0.280. The van der Waals surface area contributed by atoms with E-state index in [-0.39, 0.29) is 12.3 Å². The van der Waals surface area contributed by atoms with E-state index >= 15 is 0 Å². The van der Waals surface area contributed by atoms with Crippen molar-refractivity contribution in [2.24, 2.45) is 5.10 Å². The molecule has 3 rings (SSSR count). The van der Waals surface area contributed by atoms with Gasteiger partial charge in [-0.05, 0) is 30.7 Å². The number of carbonyl (C=O) groups excluding carboxylic acids is 1. The number of benzene rings is 1. The average Bonchev–Trinajstić information content (AvgIpc) is 2.93. The van der Waals surface area contributed by atoms with E-state index in [0.717, 1.165) is 10.7 Å². The van der Waals surface area contributed by atoms with Crippen LogP contribution in [0.4, 0.5) is 0 Å². The Hall–Kier alpha value is -2.24. The molecule has 0 unspecified atom stereocenters. The normalized spacial score (nSPS) is 20.5. The first-order valence-electron chi connectivity index (χ1n) is 7.34. The number of rotatable bonds is 3. The first-order valence-corrected chi connectivity index (χ1v) is 7.72. The van der Waals surface area contributed by atoms with Crippen molar-refractivity contribution in [1.29, 1.82) is 0 Å². The average molecular weight is 330 g/mol. The fourth-order valence-corrected chi connectivity index (χ4v) is 2.71. The standard InChI is InChI=1S/C17H16ClN3O2/c1-2-15-11-17(23,13-3-5-14(18)6-4-13)21(20-15)16(22)12-7-9-19-10-8-12/h3-10,23H,2,11H2,1H3/t17-/m0/s1. The van der Waals surface area contributed by atoms with E-state index in [9.17, 15) is 9.90 Å². The van der Waals surface area contributed by atoms with Crippen LogP contribution in [-0.2, 0) is 5.72 Å². The van der Waals surface area contributed by atoms with Gasteiger partial charge in [-0.15, -0.1) is 0 Å². The fraction of sp³-hybridized carbons (Fsp3) is 0.235. The molecule has 1 aromatic carbocycles. The molecule has 2 aromatic rings. The molecule has 23 heavy (non-hydrogen) atoms. The first kappa shape index (κ1) is 15.6. The van der Waals surface area contributed by atoms with Gasteiger partial charge in [0.1, 0.15) is 0 Å². The first-order chi connectivity index (χ1) is 11.0. The van der Waals surface area contributed by atoms with Crippen LogP contribution in [0, 0.1) is 0 Å². The lowest BCUT2D eigenvalue weighted by atomic mass is 9.96. The SMILES string of the molecule is CCC1=NN(C(=O)c2ccncc2)[C@@](O)(c2ccc(Cl)cc2)C1. The van der Waals surface area contributed by atoms with Gasteiger partial charge in [0.2, 0.25) is 0 Å². The smallest absolute Gasteiger partial charge is 0.277 e. The number of carbonyl (C=O) groups is 1. The number of hydrazone groups is 1. The number of aliphatic hydroxyl groups is 1. The molecule has 2 heterocycles. The summed E-state index contributed by atoms with van der Waals surface area (Å²) in [5, 5.41) is 17.2. The zero-order valence-electron chi connectivity index (χ0n) is 12.6. The molecule has 1 aromatic heterocycles. The Bertz CT molecular complexity index is 746. The van der Waals surface area contributed by atoms with E-state index < -0.39 is 5.72 Å². The topological polar surface area (TPSA) is 65.8 Å². The lowest BCUT2D eigenvalue weighted by Crippen LogP contribution is -2.43. The number of aromatic nitrogens is 1. The number of pyridine rings is 1. The van der Waals surface area contributed by atoms with Crippen LogP contribution in [0.1, 0.15) is 35.7 Å². The van der Waals surface area contributed by atoms with E-state index in [1.807, 2.05) is 6.92 Å². The van der Waals surface area contributed by atoms with E-state index in [1.165, 1.54) is 12.4 Å². The van der Waals surface area contributed by atoms with Crippen LogP contribution in [0.2, 0.25) is 5.02 Å². The molecule has 0 saturated carbocycles. The van der Waals surface area contributed by atoms with E-state index in [4.69, 9.17) is 11.6 Å². The lowest BCUT2D eigenvalue weighted by Gasteiger charge is -2.31. The highest BCUT2D eigenvalue weighted by Gasteiger charge is 2.45. The fourth-order valence-electron chi connectivity index (χ4n) is 2.59. The van der Waals surface area contributed by atoms with Gasteiger partial charge >= 0.3 is 0 Å². The van der Waals surface area contributed by atoms with Gasteiger partial charge in [0.25, 0.3) is 5.91 Å². The van der Waals surface area contributed by atoms with Crippen molar-refractivity contribution in [2.45, 2.75) is 25.5 Å². The van der Waals surface area contributed by atoms with Crippen molar-refractivity contribution in [3.05, 3.63) is 64.9 Å². The predicted molar refractivity (Wildman–Crippen MR) is 88.1 cm³/mol. The van der Waals surface area contributed by atoms with Crippen LogP contribution in [0.5, 0.6) is 0 Å². The molecular weight excluding hydrogens is 314 g/mol. The summed E-state index contributed by atoms with van der Waals surface area (Å²) in [5.41, 5.74) is 0.269. The van der Waals surface area contributed by atoms with Crippen LogP contribution in [0.25, 0.3) is 0 Å². The molecule has 0 bridgehead atoms. The highest BCUT2D eigenvalue weighted by Crippen LogP contribution is 2.37. The van der Waals surface area contributed by atoms with Crippen LogP contribution >= 0.6 is 11.6 Å². The predicted octanol–water partition coefficient (Wildman–Crippen LogP) is 3.19. The maximum atomic E-state index is 12.8. The Balaban J connectivity index is 2.02. The molecule has 1 aliphatic rings. The zero-order chi connectivity index (χ0) is 16.4. The largest absolute Gasteiger partial charge is 0.365 e. The Morgan fingerprint density at radius 1 is 1.26 bits per heavy atom. The molecule has 0 radical (unpaired) electrons. The molecule has 1 aliphatic heterocycles. The molecule has 1 N–H and O–H groups in total. The molecular formula is C17H16ClN3O2. The maximum Gasteiger partial charge on any atom is 0.277 e. The second kappa shape index (κ2) is 6.10. The monoisotopic (exact) mass is 329 g/mol. The minimum atomic E-state index is -1.50. The van der Waals surface area contributed by atoms with Gasteiger partial charge in [0.15, 0.2) is 5.72 Å². The number of nitrogens with zero attached hydrogens (tertiary/aromatic N) is 3. The van der Waals surface area contributed by atoms with Crippen molar-refractivity contribution in [1.82, 2.24) is 9.99 Å². The summed E-state index contributed by atoms with van der Waals surface area (Å²) < 4.78 is 0. The van der Waals surface area contributed by atoms with Crippen molar-refractivity contribution in [3.63, 3.8) is 0 Å². The Morgan fingerprint density at radius 2 is 1.91 bits per heavy atom. The van der Waals surface area contributed by atoms with Crippen molar-refractivity contribution >= 4 is 23.2 Å². The van der Waals surface area contributed by atoms with Crippen molar-refractivity contribution in [2.75, 3.05) is 0 Å². The summed E-state index contributed by atoms with van der Waals surface area (Å²) in [4.78, 5) is 16.7. The summed E-state index contributed by atoms with van der Waals surface area (Å²) in [6.45, 7) is 1.95. The Labute approximate surface area is 139 Å². The summed E-state index contributed by atoms with van der Waals surface area (Å²) in [6.07, 6.45) is 4.02. The Morgan fingerprint density at radius 3 is 2.52 bits per heavy atom. The second-order valence-electron chi connectivity index (χ2n) is 5.37. The van der Waals surface area contributed by atoms with E-state index in [0.29, 0.717) is 22.6 Å². The van der Waals surface area contributed by atoms with Crippen LogP contribution < -0.4 is 0 Å². The summed E-state index contributed by atoms with van der Waals surface area (Å²) in [7, 11) is 0. The molecule has 5 nitrogen and oxygen atoms in total. The van der Waals surface area contributed by atoms with Gasteiger partial charge in [-0.2, -0.15) is 10.1 Å². The summed E-state index contributed by atoms with van der Waals surface area (Å²) >= 11 is 5.92. The second-order valence-corrected chi connectivity index (χ2v) is 5.81. The van der Waals surface area contributed by atoms with E-state index in [1.54, 1.807) is 36.4 Å². The number of amides is 1. The third-order valence-electron chi connectivity index (χ3n) is 3.88. The van der Waals surface area contributed by atoms with Gasteiger partial charge in [-0.25, -0.2) is 0 Å². The summed E-state index contributed by atoms with van der Waals surface area (Å²) in [6, 6.07) is 10.0. The quantitative estimate of drug-likeness (QED) is 0.940. The molecule has 1 atom stereocenters. The molecule has 0 spiro atoms. The molecule has 0 aliphatic carbocycles. The number of hydrogen-bond donors (Lipinski definition) is 1. The molecule has 0 saturated heterocycles. The van der Waals surface area contributed by atoms with Crippen LogP contribution in [-0.4, -0.2) is 26.7 Å². The van der Waals surface area contributed by atoms with Crippen LogP contribution in [0.3, 0.4) is 0 Å². The molecule has 0 fully saturated rings. The van der Waals surface area contributed by atoms with Crippen molar-refractivity contribution < 1.29 is 9.90 Å². The molecule has 1 amide bonds. The minimum Gasteiger partial charge on any atom is -0.365 e. The van der Waals surface area contributed by atoms with Crippen LogP contribution in [0.15, 0.2) is 53.9 Å². The number of hydrogen-bond acceptors (Lipinski definition) is 4. The highest BCUT2D eigenvalue weighted by atomic mass is 35.5. The lowest BCUT2D eigenvalue weighted by molar-refractivity contribution is -0.0765. The maximum absolute atomic E-state index is 12.8. The van der Waals surface area contributed by atoms with Gasteiger partial charge < -0.3 is 5.11 Å². The van der Waals surface area contributed by atoms with Gasteiger partial charge in [-0.1, -0.05) is 30.7 Å². The van der Waals surface area contributed by atoms with Gasteiger partial charge in [0.05, 0.1) is 0 Å². The van der Waals surface area contributed by atoms with Crippen molar-refractivity contribution in [3.8, 4) is 0 Å². The third-order valence-corrected chi connectivity index (χ3v) is 4.13. The number of halogens is 1. The molecule has 6 heteroatoms. The zero-order valence-corrected chi connectivity index (χ0v) is 13.4. The molecule has 118 valence electrons. The third kappa shape index (κ3) is 2.85. The van der Waals surface area contributed by atoms with Gasteiger partial charge in [0, 0.05) is 40.7 Å². The highest BCUT2D eigenvalue weighted by molar-refractivity contribution is 6.30. The van der Waals surface area contributed by atoms with Gasteiger partial charge in [-0.3, -0.25) is 9.78 Å². The Kier molecular flexibility index (Phi) is 4.15.